The average Bonchev–Trinajstić information content (AvgIpc) is 2.90. The van der Waals surface area contributed by atoms with Crippen LogP contribution in [0.25, 0.3) is 0 Å². The molecule has 0 aliphatic rings. The van der Waals surface area contributed by atoms with Gasteiger partial charge in [-0.1, -0.05) is 58.2 Å². The van der Waals surface area contributed by atoms with Crippen LogP contribution in [0.2, 0.25) is 0 Å². The quantitative estimate of drug-likeness (QED) is 0.130. The van der Waals surface area contributed by atoms with E-state index in [0.29, 0.717) is 37.1 Å². The minimum atomic E-state index is -1.05. The molecule has 0 bridgehead atoms. The Balaban J connectivity index is 1.75. The van der Waals surface area contributed by atoms with Crippen molar-refractivity contribution in [2.24, 2.45) is 0 Å². The van der Waals surface area contributed by atoms with E-state index in [1.54, 1.807) is 0 Å². The number of benzene rings is 3. The van der Waals surface area contributed by atoms with E-state index in [1.165, 1.54) is 0 Å². The molecule has 0 heterocycles. The molecular formula is C30H39BO6. The van der Waals surface area contributed by atoms with Gasteiger partial charge in [0.25, 0.3) is 0 Å². The van der Waals surface area contributed by atoms with Crippen LogP contribution in [0.4, 0.5) is 0 Å². The third-order valence-electron chi connectivity index (χ3n) is 5.41. The van der Waals surface area contributed by atoms with Gasteiger partial charge in [0, 0.05) is 18.2 Å². The molecule has 0 aliphatic heterocycles. The SMILES string of the molecule is CCCCOc1cccc(OB(Oc2cccc(OCCCC)c2)Oc2cccc(OCCCC)c2)c1. The molecule has 0 spiro atoms. The molecule has 0 radical (unpaired) electrons. The summed E-state index contributed by atoms with van der Waals surface area (Å²) in [5.41, 5.74) is 0. The fraction of sp³-hybridized carbons (Fsp3) is 0.400. The van der Waals surface area contributed by atoms with Crippen LogP contribution in [-0.2, 0) is 0 Å². The largest absolute Gasteiger partial charge is 0.864 e. The first-order valence-electron chi connectivity index (χ1n) is 13.4. The number of rotatable bonds is 18. The third-order valence-corrected chi connectivity index (χ3v) is 5.41. The van der Waals surface area contributed by atoms with Crippen molar-refractivity contribution in [1.82, 2.24) is 0 Å². The molecule has 6 nitrogen and oxygen atoms in total. The lowest BCUT2D eigenvalue weighted by atomic mass is 10.2. The van der Waals surface area contributed by atoms with Crippen molar-refractivity contribution in [2.75, 3.05) is 19.8 Å². The molecule has 0 aromatic heterocycles. The Morgan fingerprint density at radius 2 is 0.757 bits per heavy atom. The molecule has 0 aliphatic carbocycles. The van der Waals surface area contributed by atoms with Gasteiger partial charge in [0.1, 0.15) is 34.5 Å². The van der Waals surface area contributed by atoms with Crippen molar-refractivity contribution < 1.29 is 28.2 Å². The van der Waals surface area contributed by atoms with Gasteiger partial charge in [-0.2, -0.15) is 0 Å². The summed E-state index contributed by atoms with van der Waals surface area (Å²) >= 11 is 0. The maximum atomic E-state index is 6.14. The highest BCUT2D eigenvalue weighted by Gasteiger charge is 2.31. The molecule has 3 aromatic carbocycles. The number of hydrogen-bond donors (Lipinski definition) is 0. The fourth-order valence-electron chi connectivity index (χ4n) is 3.32. The Bertz CT molecular complexity index is 912. The minimum Gasteiger partial charge on any atom is -0.493 e. The van der Waals surface area contributed by atoms with Gasteiger partial charge in [-0.05, 0) is 55.7 Å². The zero-order valence-corrected chi connectivity index (χ0v) is 22.3. The van der Waals surface area contributed by atoms with Crippen molar-refractivity contribution in [1.29, 1.82) is 0 Å². The number of ether oxygens (including phenoxy) is 3. The Morgan fingerprint density at radius 1 is 0.459 bits per heavy atom. The van der Waals surface area contributed by atoms with E-state index in [-0.39, 0.29) is 0 Å². The smallest absolute Gasteiger partial charge is 0.493 e. The van der Waals surface area contributed by atoms with Crippen molar-refractivity contribution in [2.45, 2.75) is 59.3 Å². The molecule has 0 unspecified atom stereocenters. The maximum absolute atomic E-state index is 6.14. The first-order valence-corrected chi connectivity index (χ1v) is 13.4. The van der Waals surface area contributed by atoms with E-state index in [2.05, 4.69) is 20.8 Å². The van der Waals surface area contributed by atoms with E-state index >= 15 is 0 Å². The number of hydrogen-bond acceptors (Lipinski definition) is 6. The molecule has 3 rings (SSSR count). The predicted octanol–water partition coefficient (Wildman–Crippen LogP) is 7.75. The van der Waals surface area contributed by atoms with E-state index in [0.717, 1.165) is 55.8 Å². The monoisotopic (exact) mass is 506 g/mol. The number of unbranched alkanes of at least 4 members (excludes halogenated alkanes) is 3. The van der Waals surface area contributed by atoms with Crippen LogP contribution in [0, 0.1) is 0 Å². The zero-order valence-electron chi connectivity index (χ0n) is 22.3. The summed E-state index contributed by atoms with van der Waals surface area (Å²) in [7, 11) is -1.05. The highest BCUT2D eigenvalue weighted by molar-refractivity contribution is 6.39. The molecule has 3 aromatic rings. The van der Waals surface area contributed by atoms with Crippen LogP contribution >= 0.6 is 0 Å². The Hall–Kier alpha value is -3.48. The lowest BCUT2D eigenvalue weighted by molar-refractivity contribution is 0.292. The molecule has 0 N–H and O–H groups in total. The average molecular weight is 506 g/mol. The molecule has 37 heavy (non-hydrogen) atoms. The molecule has 0 atom stereocenters. The standard InChI is InChI=1S/C30H39BO6/c1-4-7-19-32-25-13-10-16-28(22-25)35-31(36-29-17-11-14-26(23-29)33-20-8-5-2)37-30-18-12-15-27(24-30)34-21-9-6-3/h10-18,22-24H,4-9,19-21H2,1-3H3. The van der Waals surface area contributed by atoms with E-state index in [9.17, 15) is 0 Å². The first-order chi connectivity index (χ1) is 18.2. The summed E-state index contributed by atoms with van der Waals surface area (Å²) in [4.78, 5) is 0. The van der Waals surface area contributed by atoms with Gasteiger partial charge in [-0.3, -0.25) is 0 Å². The van der Waals surface area contributed by atoms with Gasteiger partial charge in [0.15, 0.2) is 0 Å². The second kappa shape index (κ2) is 16.3. The van der Waals surface area contributed by atoms with Gasteiger partial charge in [-0.15, -0.1) is 0 Å². The Labute approximate surface area is 222 Å². The molecule has 0 saturated carbocycles. The summed E-state index contributed by atoms with van der Waals surface area (Å²) in [5.74, 6) is 3.94. The zero-order chi connectivity index (χ0) is 26.1. The van der Waals surface area contributed by atoms with Crippen LogP contribution < -0.4 is 28.2 Å². The topological polar surface area (TPSA) is 55.4 Å². The van der Waals surface area contributed by atoms with Crippen LogP contribution in [0.15, 0.2) is 72.8 Å². The van der Waals surface area contributed by atoms with Gasteiger partial charge >= 0.3 is 7.32 Å². The van der Waals surface area contributed by atoms with Crippen molar-refractivity contribution >= 4 is 7.32 Å². The Morgan fingerprint density at radius 3 is 1.05 bits per heavy atom. The fourth-order valence-corrected chi connectivity index (χ4v) is 3.32. The summed E-state index contributed by atoms with van der Waals surface area (Å²) < 4.78 is 35.9. The van der Waals surface area contributed by atoms with E-state index in [1.807, 2.05) is 72.8 Å². The third kappa shape index (κ3) is 10.6. The van der Waals surface area contributed by atoms with E-state index < -0.39 is 7.32 Å². The first kappa shape index (κ1) is 28.1. The Kier molecular flexibility index (Phi) is 12.4. The minimum absolute atomic E-state index is 0.574. The highest BCUT2D eigenvalue weighted by Crippen LogP contribution is 2.26. The van der Waals surface area contributed by atoms with Crippen molar-refractivity contribution in [3.05, 3.63) is 72.8 Å². The lowest BCUT2D eigenvalue weighted by Crippen LogP contribution is -2.37. The molecule has 198 valence electrons. The normalized spacial score (nSPS) is 10.5. The van der Waals surface area contributed by atoms with E-state index in [4.69, 9.17) is 28.2 Å². The van der Waals surface area contributed by atoms with Crippen LogP contribution in [0.3, 0.4) is 0 Å². The molecule has 0 amide bonds. The van der Waals surface area contributed by atoms with Crippen molar-refractivity contribution in [3.63, 3.8) is 0 Å². The molecule has 7 heteroatoms. The summed E-state index contributed by atoms with van der Waals surface area (Å²) in [6, 6.07) is 22.4. The van der Waals surface area contributed by atoms with Gasteiger partial charge < -0.3 is 28.2 Å². The van der Waals surface area contributed by atoms with Gasteiger partial charge in [-0.25, -0.2) is 0 Å². The molecular weight excluding hydrogens is 467 g/mol. The lowest BCUT2D eigenvalue weighted by Gasteiger charge is -2.18. The summed E-state index contributed by atoms with van der Waals surface area (Å²) in [5, 5.41) is 0. The van der Waals surface area contributed by atoms with Crippen molar-refractivity contribution in [3.8, 4) is 34.5 Å². The molecule has 0 fully saturated rings. The van der Waals surface area contributed by atoms with Crippen LogP contribution in [0.1, 0.15) is 59.3 Å². The van der Waals surface area contributed by atoms with Gasteiger partial charge in [0.05, 0.1) is 19.8 Å². The second-order valence-corrected chi connectivity index (χ2v) is 8.67. The van der Waals surface area contributed by atoms with Crippen LogP contribution in [-0.4, -0.2) is 27.1 Å². The summed E-state index contributed by atoms with van der Waals surface area (Å²) in [6.45, 7) is 8.38. The highest BCUT2D eigenvalue weighted by atomic mass is 16.7. The van der Waals surface area contributed by atoms with Crippen LogP contribution in [0.5, 0.6) is 34.5 Å². The summed E-state index contributed by atoms with van der Waals surface area (Å²) in [6.07, 6.45) is 6.20. The maximum Gasteiger partial charge on any atom is 0.864 e. The van der Waals surface area contributed by atoms with Gasteiger partial charge in [0.2, 0.25) is 0 Å². The predicted molar refractivity (Wildman–Crippen MR) is 148 cm³/mol. The second-order valence-electron chi connectivity index (χ2n) is 8.67. The molecule has 0 saturated heterocycles.